The van der Waals surface area contributed by atoms with E-state index in [1.54, 1.807) is 7.05 Å². The number of anilines is 2. The minimum Gasteiger partial charge on any atom is -0.383 e. The first-order valence-electron chi connectivity index (χ1n) is 7.28. The van der Waals surface area contributed by atoms with Crippen LogP contribution in [0.3, 0.4) is 0 Å². The van der Waals surface area contributed by atoms with E-state index < -0.39 is 0 Å². The molecule has 0 fully saturated rings. The van der Waals surface area contributed by atoms with Crippen LogP contribution in [0.5, 0.6) is 0 Å². The van der Waals surface area contributed by atoms with Crippen LogP contribution in [0.25, 0.3) is 0 Å². The number of hydrogen-bond acceptors (Lipinski definition) is 5. The summed E-state index contributed by atoms with van der Waals surface area (Å²) in [4.78, 5) is 10.5. The predicted octanol–water partition coefficient (Wildman–Crippen LogP) is 3.10. The summed E-state index contributed by atoms with van der Waals surface area (Å²) < 4.78 is 0. The normalized spacial score (nSPS) is 12.2. The molecule has 1 aromatic heterocycles. The molecule has 118 valence electrons. The number of hydrogen-bond donors (Lipinski definition) is 2. The molecule has 1 heterocycles. The molecule has 2 aromatic rings. The van der Waals surface area contributed by atoms with Crippen LogP contribution in [0.2, 0.25) is 5.15 Å². The topological polar surface area (TPSA) is 53.1 Å². The smallest absolute Gasteiger partial charge is 0.157 e. The van der Waals surface area contributed by atoms with Gasteiger partial charge >= 0.3 is 0 Å². The van der Waals surface area contributed by atoms with E-state index >= 15 is 0 Å². The van der Waals surface area contributed by atoms with Crippen LogP contribution in [-0.4, -0.2) is 41.5 Å². The van der Waals surface area contributed by atoms with E-state index in [4.69, 9.17) is 11.6 Å². The first-order chi connectivity index (χ1) is 10.6. The van der Waals surface area contributed by atoms with Gasteiger partial charge in [0.25, 0.3) is 0 Å². The highest BCUT2D eigenvalue weighted by molar-refractivity contribution is 6.32. The molecule has 1 unspecified atom stereocenters. The van der Waals surface area contributed by atoms with Gasteiger partial charge in [0.1, 0.15) is 12.0 Å². The molecule has 22 heavy (non-hydrogen) atoms. The summed E-state index contributed by atoms with van der Waals surface area (Å²) >= 11 is 6.05. The van der Waals surface area contributed by atoms with E-state index in [9.17, 15) is 0 Å². The van der Waals surface area contributed by atoms with Gasteiger partial charge in [-0.05, 0) is 19.5 Å². The van der Waals surface area contributed by atoms with Gasteiger partial charge in [0.05, 0.1) is 0 Å². The molecule has 2 rings (SSSR count). The minimum atomic E-state index is 0.346. The van der Waals surface area contributed by atoms with E-state index in [2.05, 4.69) is 63.7 Å². The monoisotopic (exact) mass is 319 g/mol. The first-order valence-corrected chi connectivity index (χ1v) is 7.66. The van der Waals surface area contributed by atoms with Crippen molar-refractivity contribution in [2.24, 2.45) is 0 Å². The van der Waals surface area contributed by atoms with Crippen LogP contribution in [0.1, 0.15) is 12.5 Å². The zero-order valence-electron chi connectivity index (χ0n) is 13.2. The third-order valence-electron chi connectivity index (χ3n) is 3.64. The van der Waals surface area contributed by atoms with Gasteiger partial charge in [-0.1, -0.05) is 41.9 Å². The number of nitrogens with zero attached hydrogens (tertiary/aromatic N) is 3. The Kier molecular flexibility index (Phi) is 5.98. The summed E-state index contributed by atoms with van der Waals surface area (Å²) in [6.07, 6.45) is 1.46. The van der Waals surface area contributed by atoms with Gasteiger partial charge in [-0.2, -0.15) is 0 Å². The molecule has 0 spiro atoms. The summed E-state index contributed by atoms with van der Waals surface area (Å²) in [6, 6.07) is 10.8. The number of rotatable bonds is 7. The van der Waals surface area contributed by atoms with Crippen molar-refractivity contribution in [3.8, 4) is 0 Å². The lowest BCUT2D eigenvalue weighted by Crippen LogP contribution is -2.34. The molecule has 1 atom stereocenters. The molecule has 0 bridgehead atoms. The van der Waals surface area contributed by atoms with Gasteiger partial charge in [0.15, 0.2) is 11.0 Å². The van der Waals surface area contributed by atoms with Crippen molar-refractivity contribution in [3.05, 3.63) is 47.4 Å². The summed E-state index contributed by atoms with van der Waals surface area (Å²) in [5, 5.41) is 6.78. The van der Waals surface area contributed by atoms with Crippen LogP contribution in [0.15, 0.2) is 36.7 Å². The van der Waals surface area contributed by atoms with Gasteiger partial charge in [-0.25, -0.2) is 9.97 Å². The lowest BCUT2D eigenvalue weighted by molar-refractivity contribution is 0.259. The molecule has 1 aromatic carbocycles. The van der Waals surface area contributed by atoms with Gasteiger partial charge in [-0.3, -0.25) is 4.90 Å². The Labute approximate surface area is 136 Å². The maximum absolute atomic E-state index is 6.05. The molecule has 0 saturated heterocycles. The first kappa shape index (κ1) is 16.5. The van der Waals surface area contributed by atoms with E-state index in [-0.39, 0.29) is 0 Å². The molecule has 0 aliphatic heterocycles. The lowest BCUT2D eigenvalue weighted by atomic mass is 10.2. The van der Waals surface area contributed by atoms with Crippen LogP contribution in [0, 0.1) is 0 Å². The quantitative estimate of drug-likeness (QED) is 0.768. The fourth-order valence-electron chi connectivity index (χ4n) is 2.15. The van der Waals surface area contributed by atoms with Crippen molar-refractivity contribution >= 4 is 23.1 Å². The Morgan fingerprint density at radius 2 is 1.95 bits per heavy atom. The molecule has 0 radical (unpaired) electrons. The Morgan fingerprint density at radius 1 is 1.23 bits per heavy atom. The van der Waals surface area contributed by atoms with Crippen molar-refractivity contribution in [1.82, 2.24) is 14.9 Å². The summed E-state index contributed by atoms with van der Waals surface area (Å²) in [7, 11) is 3.92. The van der Waals surface area contributed by atoms with Gasteiger partial charge in [0, 0.05) is 26.2 Å². The fraction of sp³-hybridized carbons (Fsp3) is 0.375. The van der Waals surface area contributed by atoms with Gasteiger partial charge in [-0.15, -0.1) is 0 Å². The fourth-order valence-corrected chi connectivity index (χ4v) is 2.37. The number of aromatic nitrogens is 2. The maximum Gasteiger partial charge on any atom is 0.157 e. The van der Waals surface area contributed by atoms with Crippen molar-refractivity contribution < 1.29 is 0 Å². The SMILES string of the molecule is CNc1c(Cl)ncnc1NCC(C)N(C)Cc1ccccc1. The van der Waals surface area contributed by atoms with Crippen molar-refractivity contribution in [2.45, 2.75) is 19.5 Å². The van der Waals surface area contributed by atoms with E-state index in [1.807, 2.05) is 6.07 Å². The van der Waals surface area contributed by atoms with E-state index in [0.29, 0.717) is 11.2 Å². The average Bonchev–Trinajstić information content (AvgIpc) is 2.53. The number of nitrogens with one attached hydrogen (secondary N) is 2. The lowest BCUT2D eigenvalue weighted by Gasteiger charge is -2.25. The summed E-state index contributed by atoms with van der Waals surface area (Å²) in [5.74, 6) is 0.725. The molecule has 0 aliphatic rings. The number of benzene rings is 1. The Bertz CT molecular complexity index is 590. The van der Waals surface area contributed by atoms with Crippen LogP contribution in [-0.2, 0) is 6.54 Å². The Balaban J connectivity index is 1.92. The molecule has 2 N–H and O–H groups in total. The second-order valence-electron chi connectivity index (χ2n) is 5.27. The van der Waals surface area contributed by atoms with Crippen LogP contribution in [0.4, 0.5) is 11.5 Å². The highest BCUT2D eigenvalue weighted by atomic mass is 35.5. The molecule has 5 nitrogen and oxygen atoms in total. The molecular formula is C16H22ClN5. The van der Waals surface area contributed by atoms with Crippen molar-refractivity contribution in [2.75, 3.05) is 31.3 Å². The molecule has 0 amide bonds. The number of halogens is 1. The summed E-state index contributed by atoms with van der Waals surface area (Å²) in [5.41, 5.74) is 2.03. The Hall–Kier alpha value is -1.85. The van der Waals surface area contributed by atoms with Gasteiger partial charge in [0.2, 0.25) is 0 Å². The van der Waals surface area contributed by atoms with Crippen LogP contribution >= 0.6 is 11.6 Å². The average molecular weight is 320 g/mol. The van der Waals surface area contributed by atoms with Crippen molar-refractivity contribution in [3.63, 3.8) is 0 Å². The number of likely N-dealkylation sites (N-methyl/N-ethyl adjacent to an activating group) is 1. The third kappa shape index (κ3) is 4.32. The highest BCUT2D eigenvalue weighted by Gasteiger charge is 2.12. The standard InChI is InChI=1S/C16H22ClN5/c1-12(22(3)10-13-7-5-4-6-8-13)9-19-16-14(18-2)15(17)20-11-21-16/h4-8,11-12,18H,9-10H2,1-3H3,(H,19,20,21). The third-order valence-corrected chi connectivity index (χ3v) is 3.93. The zero-order valence-corrected chi connectivity index (χ0v) is 13.9. The second kappa shape index (κ2) is 7.96. The molecule has 0 aliphatic carbocycles. The largest absolute Gasteiger partial charge is 0.383 e. The van der Waals surface area contributed by atoms with Crippen LogP contribution < -0.4 is 10.6 Å². The second-order valence-corrected chi connectivity index (χ2v) is 5.63. The van der Waals surface area contributed by atoms with Gasteiger partial charge < -0.3 is 10.6 Å². The van der Waals surface area contributed by atoms with E-state index in [1.165, 1.54) is 11.9 Å². The predicted molar refractivity (Wildman–Crippen MR) is 92.4 cm³/mol. The molecule has 0 saturated carbocycles. The maximum atomic E-state index is 6.05. The molecule has 6 heteroatoms. The highest BCUT2D eigenvalue weighted by Crippen LogP contribution is 2.25. The van der Waals surface area contributed by atoms with Crippen molar-refractivity contribution in [1.29, 1.82) is 0 Å². The zero-order chi connectivity index (χ0) is 15.9. The minimum absolute atomic E-state index is 0.346. The Morgan fingerprint density at radius 3 is 2.64 bits per heavy atom. The summed E-state index contributed by atoms with van der Waals surface area (Å²) in [6.45, 7) is 3.86. The van der Waals surface area contributed by atoms with E-state index in [0.717, 1.165) is 24.6 Å². The molecular weight excluding hydrogens is 298 g/mol.